The summed E-state index contributed by atoms with van der Waals surface area (Å²) in [6, 6.07) is 5.69. The predicted molar refractivity (Wildman–Crippen MR) is 72.9 cm³/mol. The van der Waals surface area contributed by atoms with E-state index in [1.165, 1.54) is 25.2 Å². The lowest BCUT2D eigenvalue weighted by Crippen LogP contribution is -2.28. The van der Waals surface area contributed by atoms with Gasteiger partial charge in [0.2, 0.25) is 10.0 Å². The number of halogens is 1. The standard InChI is InChI=1S/C12H13ClN2O4S/c1-15(6-2-3-12(16)17)20(18,19)10-5-4-9(8-14)11(13)7-10/h4-5,7H,2-3,6H2,1H3,(H,16,17). The molecule has 20 heavy (non-hydrogen) atoms. The molecule has 1 aromatic rings. The summed E-state index contributed by atoms with van der Waals surface area (Å²) in [6.45, 7) is 0.0895. The number of hydrogen-bond acceptors (Lipinski definition) is 4. The van der Waals surface area contributed by atoms with Crippen LogP contribution in [0.25, 0.3) is 0 Å². The Kier molecular flexibility index (Phi) is 5.51. The van der Waals surface area contributed by atoms with Gasteiger partial charge in [-0.05, 0) is 24.6 Å². The fourth-order valence-corrected chi connectivity index (χ4v) is 3.02. The third-order valence-electron chi connectivity index (χ3n) is 2.63. The second-order valence-corrected chi connectivity index (χ2v) is 6.53. The number of carboxylic acid groups (broad SMARTS) is 1. The summed E-state index contributed by atoms with van der Waals surface area (Å²) in [6.07, 6.45) is 0.114. The Hall–Kier alpha value is -1.62. The van der Waals surface area contributed by atoms with E-state index in [1.807, 2.05) is 6.07 Å². The van der Waals surface area contributed by atoms with Crippen LogP contribution in [0, 0.1) is 11.3 Å². The number of hydrogen-bond donors (Lipinski definition) is 1. The first-order chi connectivity index (χ1) is 9.28. The molecule has 1 N–H and O–H groups in total. The smallest absolute Gasteiger partial charge is 0.303 e. The van der Waals surface area contributed by atoms with E-state index in [0.29, 0.717) is 0 Å². The highest BCUT2D eigenvalue weighted by molar-refractivity contribution is 7.89. The highest BCUT2D eigenvalue weighted by atomic mass is 35.5. The maximum absolute atomic E-state index is 12.2. The van der Waals surface area contributed by atoms with Gasteiger partial charge in [-0.3, -0.25) is 4.79 Å². The Morgan fingerprint density at radius 3 is 2.65 bits per heavy atom. The summed E-state index contributed by atoms with van der Waals surface area (Å²) in [5.74, 6) is -0.975. The van der Waals surface area contributed by atoms with E-state index in [2.05, 4.69) is 0 Å². The molecule has 6 nitrogen and oxygen atoms in total. The molecule has 0 amide bonds. The van der Waals surface area contributed by atoms with Crippen molar-refractivity contribution in [2.45, 2.75) is 17.7 Å². The van der Waals surface area contributed by atoms with Crippen molar-refractivity contribution in [1.82, 2.24) is 4.31 Å². The lowest BCUT2D eigenvalue weighted by Gasteiger charge is -2.17. The lowest BCUT2D eigenvalue weighted by molar-refractivity contribution is -0.137. The van der Waals surface area contributed by atoms with Crippen molar-refractivity contribution in [1.29, 1.82) is 5.26 Å². The molecule has 1 aromatic carbocycles. The van der Waals surface area contributed by atoms with Crippen LogP contribution in [0.3, 0.4) is 0 Å². The molecule has 0 fully saturated rings. The number of nitriles is 1. The maximum atomic E-state index is 12.2. The second kappa shape index (κ2) is 6.70. The van der Waals surface area contributed by atoms with E-state index in [-0.39, 0.29) is 34.9 Å². The number of sulfonamides is 1. The van der Waals surface area contributed by atoms with Crippen molar-refractivity contribution in [2.75, 3.05) is 13.6 Å². The van der Waals surface area contributed by atoms with Crippen LogP contribution in [-0.4, -0.2) is 37.4 Å². The van der Waals surface area contributed by atoms with Gasteiger partial charge >= 0.3 is 5.97 Å². The van der Waals surface area contributed by atoms with E-state index < -0.39 is 16.0 Å². The summed E-state index contributed by atoms with van der Waals surface area (Å²) in [4.78, 5) is 10.4. The molecule has 0 heterocycles. The SMILES string of the molecule is CN(CCCC(=O)O)S(=O)(=O)c1ccc(C#N)c(Cl)c1. The van der Waals surface area contributed by atoms with Gasteiger partial charge in [-0.2, -0.15) is 5.26 Å². The van der Waals surface area contributed by atoms with Crippen molar-refractivity contribution in [3.05, 3.63) is 28.8 Å². The lowest BCUT2D eigenvalue weighted by atomic mass is 10.2. The fraction of sp³-hybridized carbons (Fsp3) is 0.333. The van der Waals surface area contributed by atoms with Gasteiger partial charge in [0.15, 0.2) is 0 Å². The molecule has 0 bridgehead atoms. The van der Waals surface area contributed by atoms with Gasteiger partial charge in [-0.15, -0.1) is 0 Å². The zero-order valence-corrected chi connectivity index (χ0v) is 12.3. The summed E-state index contributed by atoms with van der Waals surface area (Å²) < 4.78 is 25.5. The van der Waals surface area contributed by atoms with Gasteiger partial charge in [0.25, 0.3) is 0 Å². The largest absolute Gasteiger partial charge is 0.481 e. The third-order valence-corrected chi connectivity index (χ3v) is 4.80. The van der Waals surface area contributed by atoms with Gasteiger partial charge < -0.3 is 5.11 Å². The number of benzene rings is 1. The first-order valence-corrected chi connectivity index (χ1v) is 7.48. The number of nitrogens with zero attached hydrogens (tertiary/aromatic N) is 2. The van der Waals surface area contributed by atoms with Crippen molar-refractivity contribution < 1.29 is 18.3 Å². The van der Waals surface area contributed by atoms with Crippen molar-refractivity contribution in [2.24, 2.45) is 0 Å². The molecular weight excluding hydrogens is 304 g/mol. The molecule has 0 aromatic heterocycles. The summed E-state index contributed by atoms with van der Waals surface area (Å²) >= 11 is 5.80. The average Bonchev–Trinajstić information content (AvgIpc) is 2.37. The quantitative estimate of drug-likeness (QED) is 0.861. The zero-order valence-electron chi connectivity index (χ0n) is 10.7. The molecule has 0 aliphatic rings. The normalized spacial score (nSPS) is 11.3. The van der Waals surface area contributed by atoms with Crippen LogP contribution >= 0.6 is 11.6 Å². The first kappa shape index (κ1) is 16.4. The highest BCUT2D eigenvalue weighted by Gasteiger charge is 2.21. The Morgan fingerprint density at radius 1 is 1.50 bits per heavy atom. The van der Waals surface area contributed by atoms with Crippen molar-refractivity contribution in [3.8, 4) is 6.07 Å². The van der Waals surface area contributed by atoms with Crippen LogP contribution < -0.4 is 0 Å². The molecular formula is C12H13ClN2O4S. The third kappa shape index (κ3) is 3.93. The molecule has 8 heteroatoms. The van der Waals surface area contributed by atoms with Crippen LogP contribution in [-0.2, 0) is 14.8 Å². The van der Waals surface area contributed by atoms with Crippen molar-refractivity contribution >= 4 is 27.6 Å². The molecule has 0 radical (unpaired) electrons. The first-order valence-electron chi connectivity index (χ1n) is 5.67. The van der Waals surface area contributed by atoms with Crippen LogP contribution in [0.5, 0.6) is 0 Å². The Labute approximate surface area is 122 Å². The molecule has 0 saturated heterocycles. The van der Waals surface area contributed by atoms with E-state index in [0.717, 1.165) is 4.31 Å². The molecule has 0 atom stereocenters. The fourth-order valence-electron chi connectivity index (χ4n) is 1.50. The Balaban J connectivity index is 2.90. The van der Waals surface area contributed by atoms with Crippen LogP contribution in [0.4, 0.5) is 0 Å². The van der Waals surface area contributed by atoms with Crippen molar-refractivity contribution in [3.63, 3.8) is 0 Å². The Bertz CT molecular complexity index is 652. The molecule has 0 aliphatic heterocycles. The minimum atomic E-state index is -3.74. The average molecular weight is 317 g/mol. The number of aliphatic carboxylic acids is 1. The van der Waals surface area contributed by atoms with E-state index >= 15 is 0 Å². The molecule has 0 spiro atoms. The molecule has 0 saturated carbocycles. The summed E-state index contributed by atoms with van der Waals surface area (Å²) in [5, 5.41) is 17.3. The molecule has 1 rings (SSSR count). The highest BCUT2D eigenvalue weighted by Crippen LogP contribution is 2.22. The minimum absolute atomic E-state index is 0.0284. The zero-order chi connectivity index (χ0) is 15.3. The molecule has 0 aliphatic carbocycles. The predicted octanol–water partition coefficient (Wildman–Crippen LogP) is 1.70. The Morgan fingerprint density at radius 2 is 2.15 bits per heavy atom. The van der Waals surface area contributed by atoms with Crippen LogP contribution in [0.15, 0.2) is 23.1 Å². The van der Waals surface area contributed by atoms with Crippen LogP contribution in [0.2, 0.25) is 5.02 Å². The van der Waals surface area contributed by atoms with Gasteiger partial charge in [0.05, 0.1) is 15.5 Å². The van der Waals surface area contributed by atoms with Gasteiger partial charge in [0, 0.05) is 20.0 Å². The number of carboxylic acids is 1. The topological polar surface area (TPSA) is 98.5 Å². The monoisotopic (exact) mass is 316 g/mol. The number of rotatable bonds is 6. The second-order valence-electron chi connectivity index (χ2n) is 4.08. The molecule has 108 valence electrons. The molecule has 0 unspecified atom stereocenters. The summed E-state index contributed by atoms with van der Waals surface area (Å²) in [5.41, 5.74) is 0.194. The van der Waals surface area contributed by atoms with E-state index in [9.17, 15) is 13.2 Å². The van der Waals surface area contributed by atoms with E-state index in [4.69, 9.17) is 22.0 Å². The minimum Gasteiger partial charge on any atom is -0.481 e. The van der Waals surface area contributed by atoms with Gasteiger partial charge in [-0.25, -0.2) is 12.7 Å². The summed E-state index contributed by atoms with van der Waals surface area (Å²) in [7, 11) is -2.37. The maximum Gasteiger partial charge on any atom is 0.303 e. The van der Waals surface area contributed by atoms with Crippen LogP contribution in [0.1, 0.15) is 18.4 Å². The van der Waals surface area contributed by atoms with E-state index in [1.54, 1.807) is 0 Å². The number of carbonyl (C=O) groups is 1. The van der Waals surface area contributed by atoms with Gasteiger partial charge in [0.1, 0.15) is 6.07 Å². The van der Waals surface area contributed by atoms with Gasteiger partial charge in [-0.1, -0.05) is 11.6 Å².